The van der Waals surface area contributed by atoms with Gasteiger partial charge in [-0.2, -0.15) is 0 Å². The smallest absolute Gasteiger partial charge is 0.149 e. The zero-order chi connectivity index (χ0) is 17.3. The monoisotopic (exact) mass is 330 g/mol. The minimum Gasteiger partial charge on any atom is -0.383 e. The Kier molecular flexibility index (Phi) is 4.74. The maximum absolute atomic E-state index is 14.0. The van der Waals surface area contributed by atoms with E-state index < -0.39 is 0 Å². The van der Waals surface area contributed by atoms with Gasteiger partial charge in [0.25, 0.3) is 0 Å². The van der Waals surface area contributed by atoms with Crippen LogP contribution in [-0.4, -0.2) is 60.1 Å². The highest BCUT2D eigenvalue weighted by Gasteiger charge is 2.30. The van der Waals surface area contributed by atoms with Gasteiger partial charge in [-0.15, -0.1) is 0 Å². The number of nitrogens with one attached hydrogen (secondary N) is 1. The summed E-state index contributed by atoms with van der Waals surface area (Å²) in [5, 5.41) is 4.33. The fourth-order valence-corrected chi connectivity index (χ4v) is 3.37. The van der Waals surface area contributed by atoms with Crippen molar-refractivity contribution < 1.29 is 4.39 Å². The summed E-state index contributed by atoms with van der Waals surface area (Å²) in [6.07, 6.45) is 0. The van der Waals surface area contributed by atoms with Crippen LogP contribution in [0.15, 0.2) is 24.3 Å². The van der Waals surface area contributed by atoms with Gasteiger partial charge in [-0.25, -0.2) is 9.37 Å². The van der Waals surface area contributed by atoms with Crippen molar-refractivity contribution in [2.75, 3.05) is 45.1 Å². The van der Waals surface area contributed by atoms with Gasteiger partial charge in [-0.05, 0) is 40.0 Å². The zero-order valence-corrected chi connectivity index (χ0v) is 15.1. The lowest BCUT2D eigenvalue weighted by atomic mass is 10.00. The Balaban J connectivity index is 1.67. The van der Waals surface area contributed by atoms with Crippen LogP contribution in [0.1, 0.15) is 19.5 Å². The molecule has 1 aliphatic rings. The molecule has 0 saturated carbocycles. The number of anilines is 1. The first-order chi connectivity index (χ1) is 11.4. The van der Waals surface area contributed by atoms with Crippen LogP contribution in [0.5, 0.6) is 0 Å². The minimum atomic E-state index is -0.264. The summed E-state index contributed by atoms with van der Waals surface area (Å²) in [4.78, 5) is 9.24. The van der Waals surface area contributed by atoms with Gasteiger partial charge in [0.05, 0.1) is 0 Å². The number of aryl methyl sites for hydroxylation is 1. The summed E-state index contributed by atoms with van der Waals surface area (Å²) in [6.45, 7) is 11.5. The summed E-state index contributed by atoms with van der Waals surface area (Å²) < 4.78 is 14.0. The average molecular weight is 330 g/mol. The number of aromatic nitrogens is 1. The van der Waals surface area contributed by atoms with Crippen molar-refractivity contribution >= 4 is 16.6 Å². The fraction of sp³-hybridized carbons (Fsp3) is 0.526. The van der Waals surface area contributed by atoms with Gasteiger partial charge < -0.3 is 5.32 Å². The number of para-hydroxylation sites is 1. The molecule has 24 heavy (non-hydrogen) atoms. The van der Waals surface area contributed by atoms with Crippen LogP contribution in [0.4, 0.5) is 10.1 Å². The van der Waals surface area contributed by atoms with Crippen molar-refractivity contribution in [3.05, 3.63) is 35.8 Å². The molecule has 0 spiro atoms. The Hall–Kier alpha value is -1.72. The molecule has 0 amide bonds. The molecule has 0 aliphatic carbocycles. The first-order valence-corrected chi connectivity index (χ1v) is 8.60. The number of fused-ring (bicyclic) bond motifs is 1. The van der Waals surface area contributed by atoms with Crippen LogP contribution < -0.4 is 5.32 Å². The second-order valence-electron chi connectivity index (χ2n) is 7.38. The molecule has 5 heteroatoms. The number of hydrogen-bond acceptors (Lipinski definition) is 4. The molecule has 0 bridgehead atoms. The summed E-state index contributed by atoms with van der Waals surface area (Å²) in [7, 11) is 2.19. The lowest BCUT2D eigenvalue weighted by Crippen LogP contribution is -2.58. The molecule has 1 aliphatic heterocycles. The van der Waals surface area contributed by atoms with Gasteiger partial charge in [0.1, 0.15) is 11.3 Å². The molecule has 3 rings (SSSR count). The molecule has 130 valence electrons. The van der Waals surface area contributed by atoms with Crippen molar-refractivity contribution in [1.29, 1.82) is 0 Å². The highest BCUT2D eigenvalue weighted by atomic mass is 19.1. The Labute approximate surface area is 143 Å². The number of halogens is 1. The number of hydrogen-bond donors (Lipinski definition) is 1. The van der Waals surface area contributed by atoms with Crippen LogP contribution in [-0.2, 0) is 0 Å². The predicted octanol–water partition coefficient (Wildman–Crippen LogP) is 3.12. The average Bonchev–Trinajstić information content (AvgIpc) is 2.51. The molecule has 1 N–H and O–H groups in total. The van der Waals surface area contributed by atoms with E-state index in [-0.39, 0.29) is 11.4 Å². The number of nitrogens with zero attached hydrogens (tertiary/aromatic N) is 3. The van der Waals surface area contributed by atoms with Gasteiger partial charge in [-0.1, -0.05) is 12.1 Å². The lowest BCUT2D eigenvalue weighted by Gasteiger charge is -2.45. The second-order valence-corrected chi connectivity index (χ2v) is 7.38. The molecular weight excluding hydrogens is 303 g/mol. The van der Waals surface area contributed by atoms with Gasteiger partial charge >= 0.3 is 0 Å². The molecular formula is C19H27FN4. The van der Waals surface area contributed by atoms with E-state index in [4.69, 9.17) is 0 Å². The zero-order valence-electron chi connectivity index (χ0n) is 15.1. The molecule has 1 aromatic carbocycles. The molecule has 0 atom stereocenters. The predicted molar refractivity (Wildman–Crippen MR) is 98.1 cm³/mol. The summed E-state index contributed by atoms with van der Waals surface area (Å²) in [6, 6.07) is 7.12. The van der Waals surface area contributed by atoms with E-state index >= 15 is 0 Å². The second kappa shape index (κ2) is 6.65. The number of benzene rings is 1. The molecule has 4 nitrogen and oxygen atoms in total. The molecule has 1 fully saturated rings. The van der Waals surface area contributed by atoms with E-state index in [9.17, 15) is 4.39 Å². The van der Waals surface area contributed by atoms with Crippen LogP contribution in [0.25, 0.3) is 10.9 Å². The third-order valence-electron chi connectivity index (χ3n) is 5.06. The van der Waals surface area contributed by atoms with Gasteiger partial charge in [0.15, 0.2) is 0 Å². The highest BCUT2D eigenvalue weighted by Crippen LogP contribution is 2.25. The number of rotatable bonds is 4. The normalized spacial score (nSPS) is 18.9. The quantitative estimate of drug-likeness (QED) is 0.933. The van der Waals surface area contributed by atoms with Gasteiger partial charge in [-0.3, -0.25) is 9.80 Å². The molecule has 0 unspecified atom stereocenters. The standard InChI is InChI=1S/C19H27FN4/c1-14-12-17(15-6-5-7-16(20)18(15)22-14)21-8-9-24-11-10-23(4)19(2,3)13-24/h5-7,12H,8-11,13H2,1-4H3,(H,21,22). The number of likely N-dealkylation sites (N-methyl/N-ethyl adjacent to an activating group) is 1. The van der Waals surface area contributed by atoms with Gasteiger partial charge in [0, 0.05) is 55.0 Å². The van der Waals surface area contributed by atoms with Crippen molar-refractivity contribution in [3.63, 3.8) is 0 Å². The van der Waals surface area contributed by atoms with Crippen LogP contribution >= 0.6 is 0 Å². The SMILES string of the molecule is Cc1cc(NCCN2CCN(C)C(C)(C)C2)c2cccc(F)c2n1. The lowest BCUT2D eigenvalue weighted by molar-refractivity contribution is 0.0423. The minimum absolute atomic E-state index is 0.210. The molecule has 2 aromatic rings. The van der Waals surface area contributed by atoms with Crippen molar-refractivity contribution in [1.82, 2.24) is 14.8 Å². The third kappa shape index (κ3) is 3.52. The molecule has 1 aromatic heterocycles. The van der Waals surface area contributed by atoms with Gasteiger partial charge in [0.2, 0.25) is 0 Å². The van der Waals surface area contributed by atoms with E-state index in [1.54, 1.807) is 6.07 Å². The van der Waals surface area contributed by atoms with Crippen molar-refractivity contribution in [3.8, 4) is 0 Å². The summed E-state index contributed by atoms with van der Waals surface area (Å²) >= 11 is 0. The Bertz CT molecular complexity index is 729. The van der Waals surface area contributed by atoms with Crippen LogP contribution in [0.3, 0.4) is 0 Å². The largest absolute Gasteiger partial charge is 0.383 e. The Morgan fingerprint density at radius 1 is 1.29 bits per heavy atom. The summed E-state index contributed by atoms with van der Waals surface area (Å²) in [5.74, 6) is -0.264. The van der Waals surface area contributed by atoms with Crippen LogP contribution in [0.2, 0.25) is 0 Å². The van der Waals surface area contributed by atoms with Crippen molar-refractivity contribution in [2.24, 2.45) is 0 Å². The number of pyridine rings is 1. The van der Waals surface area contributed by atoms with E-state index in [2.05, 4.69) is 41.0 Å². The van der Waals surface area contributed by atoms with Crippen LogP contribution in [0, 0.1) is 12.7 Å². The first-order valence-electron chi connectivity index (χ1n) is 8.60. The molecule has 2 heterocycles. The Morgan fingerprint density at radius 3 is 2.83 bits per heavy atom. The fourth-order valence-electron chi connectivity index (χ4n) is 3.37. The molecule has 0 radical (unpaired) electrons. The maximum atomic E-state index is 14.0. The van der Waals surface area contributed by atoms with Crippen molar-refractivity contribution in [2.45, 2.75) is 26.3 Å². The highest BCUT2D eigenvalue weighted by molar-refractivity contribution is 5.91. The Morgan fingerprint density at radius 2 is 2.08 bits per heavy atom. The van der Waals surface area contributed by atoms with E-state index in [0.29, 0.717) is 5.52 Å². The summed E-state index contributed by atoms with van der Waals surface area (Å²) in [5.41, 5.74) is 2.45. The van der Waals surface area contributed by atoms with E-state index in [1.807, 2.05) is 19.1 Å². The van der Waals surface area contributed by atoms with E-state index in [0.717, 1.165) is 49.5 Å². The molecule has 1 saturated heterocycles. The third-order valence-corrected chi connectivity index (χ3v) is 5.06. The number of piperazine rings is 1. The maximum Gasteiger partial charge on any atom is 0.149 e. The first kappa shape index (κ1) is 17.1. The van der Waals surface area contributed by atoms with E-state index in [1.165, 1.54) is 6.07 Å². The topological polar surface area (TPSA) is 31.4 Å².